The highest BCUT2D eigenvalue weighted by atomic mass is 19.3. The Kier molecular flexibility index (Phi) is 6.26. The molecule has 2 aromatic rings. The van der Waals surface area contributed by atoms with Crippen LogP contribution < -0.4 is 15.3 Å². The molecule has 0 amide bonds. The van der Waals surface area contributed by atoms with Crippen LogP contribution >= 0.6 is 0 Å². The van der Waals surface area contributed by atoms with Crippen molar-refractivity contribution in [1.29, 1.82) is 0 Å². The summed E-state index contributed by atoms with van der Waals surface area (Å²) in [5, 5.41) is 3.49. The molecule has 0 bridgehead atoms. The molecule has 132 valence electrons. The van der Waals surface area contributed by atoms with Gasteiger partial charge in [0.1, 0.15) is 12.3 Å². The second-order valence-corrected chi connectivity index (χ2v) is 4.64. The van der Waals surface area contributed by atoms with Crippen molar-refractivity contribution in [2.75, 3.05) is 6.61 Å². The van der Waals surface area contributed by atoms with Crippen molar-refractivity contribution in [3.8, 4) is 11.8 Å². The summed E-state index contributed by atoms with van der Waals surface area (Å²) in [6.45, 7) is -1.43. The molecule has 1 aromatic carbocycles. The Bertz CT molecular complexity index is 784. The fourth-order valence-corrected chi connectivity index (χ4v) is 1.65. The summed E-state index contributed by atoms with van der Waals surface area (Å²) in [4.78, 5) is 11.9. The van der Waals surface area contributed by atoms with Crippen molar-refractivity contribution >= 4 is 17.6 Å². The van der Waals surface area contributed by atoms with Crippen molar-refractivity contribution in [3.05, 3.63) is 42.0 Å². The van der Waals surface area contributed by atoms with Crippen LogP contribution in [-0.2, 0) is 0 Å². The average molecular weight is 353 g/mol. The predicted octanol–water partition coefficient (Wildman–Crippen LogP) is 2.62. The van der Waals surface area contributed by atoms with Crippen molar-refractivity contribution in [2.45, 2.75) is 13.5 Å². The summed E-state index contributed by atoms with van der Waals surface area (Å²) in [7, 11) is 0. The average Bonchev–Trinajstić information content (AvgIpc) is 2.57. The normalized spacial score (nSPS) is 12.0. The van der Waals surface area contributed by atoms with Crippen LogP contribution in [0.1, 0.15) is 5.69 Å². The molecule has 0 fully saturated rings. The lowest BCUT2D eigenvalue weighted by molar-refractivity contribution is -0.0521. The number of nitrogens with zero attached hydrogens (tertiary/aromatic N) is 4. The van der Waals surface area contributed by atoms with Gasteiger partial charge in [0.05, 0.1) is 11.9 Å². The van der Waals surface area contributed by atoms with E-state index in [1.54, 1.807) is 13.0 Å². The Balaban J connectivity index is 2.03. The molecule has 0 aliphatic heterocycles. The van der Waals surface area contributed by atoms with Gasteiger partial charge >= 0.3 is 12.6 Å². The highest BCUT2D eigenvalue weighted by molar-refractivity contribution is 6.31. The first-order valence-corrected chi connectivity index (χ1v) is 6.95. The predicted molar refractivity (Wildman–Crippen MR) is 85.1 cm³/mol. The summed E-state index contributed by atoms with van der Waals surface area (Å²) < 4.78 is 47.1. The SMILES string of the molecule is Cc1ccnc(OCC(C=Nc2ccc(F)c(OC(F)F)c2)=NN)n1. The monoisotopic (exact) mass is 353 g/mol. The molecule has 0 atom stereocenters. The van der Waals surface area contributed by atoms with E-state index < -0.39 is 18.2 Å². The Hall–Kier alpha value is -3.17. The van der Waals surface area contributed by atoms with Crippen LogP contribution in [0.2, 0.25) is 0 Å². The van der Waals surface area contributed by atoms with Gasteiger partial charge in [-0.05, 0) is 25.1 Å². The zero-order chi connectivity index (χ0) is 18.2. The van der Waals surface area contributed by atoms with Gasteiger partial charge in [0.2, 0.25) is 0 Å². The Labute approximate surface area is 141 Å². The maximum absolute atomic E-state index is 13.3. The molecule has 10 heteroatoms. The highest BCUT2D eigenvalue weighted by Gasteiger charge is 2.10. The number of rotatable bonds is 7. The van der Waals surface area contributed by atoms with E-state index in [0.29, 0.717) is 0 Å². The number of hydrogen-bond donors (Lipinski definition) is 1. The van der Waals surface area contributed by atoms with Crippen LogP contribution in [0.5, 0.6) is 11.8 Å². The number of hydrogen-bond acceptors (Lipinski definition) is 7. The minimum absolute atomic E-state index is 0.0644. The molecule has 1 heterocycles. The number of aliphatic imine (C=N–C) groups is 1. The lowest BCUT2D eigenvalue weighted by Gasteiger charge is -2.06. The number of nitrogens with two attached hydrogens (primary N) is 1. The van der Waals surface area contributed by atoms with E-state index in [9.17, 15) is 13.2 Å². The van der Waals surface area contributed by atoms with Gasteiger partial charge in [-0.1, -0.05) is 0 Å². The van der Waals surface area contributed by atoms with Gasteiger partial charge < -0.3 is 15.3 Å². The summed E-state index contributed by atoms with van der Waals surface area (Å²) >= 11 is 0. The Morgan fingerprint density at radius 3 is 2.84 bits per heavy atom. The number of benzene rings is 1. The summed E-state index contributed by atoms with van der Waals surface area (Å²) in [6.07, 6.45) is 2.78. The molecule has 25 heavy (non-hydrogen) atoms. The number of halogens is 3. The molecule has 0 saturated carbocycles. The molecule has 2 N–H and O–H groups in total. The van der Waals surface area contributed by atoms with Crippen molar-refractivity contribution < 1.29 is 22.6 Å². The summed E-state index contributed by atoms with van der Waals surface area (Å²) in [6, 6.07) is 5.11. The third-order valence-corrected chi connectivity index (χ3v) is 2.78. The molecule has 0 saturated heterocycles. The molecule has 0 unspecified atom stereocenters. The topological polar surface area (TPSA) is 95.0 Å². The molecular weight excluding hydrogens is 339 g/mol. The number of hydrazone groups is 1. The number of ether oxygens (including phenoxy) is 2. The molecular formula is C15H14F3N5O2. The van der Waals surface area contributed by atoms with Gasteiger partial charge in [-0.3, -0.25) is 4.99 Å². The molecule has 0 radical (unpaired) electrons. The van der Waals surface area contributed by atoms with Crippen molar-refractivity contribution in [2.24, 2.45) is 15.9 Å². The van der Waals surface area contributed by atoms with E-state index in [1.807, 2.05) is 0 Å². The molecule has 2 rings (SSSR count). The van der Waals surface area contributed by atoms with E-state index >= 15 is 0 Å². The minimum atomic E-state index is -3.14. The second-order valence-electron chi connectivity index (χ2n) is 4.64. The van der Waals surface area contributed by atoms with Crippen LogP contribution in [0.15, 0.2) is 40.6 Å². The highest BCUT2D eigenvalue weighted by Crippen LogP contribution is 2.25. The maximum atomic E-state index is 13.3. The lowest BCUT2D eigenvalue weighted by Crippen LogP contribution is -2.16. The van der Waals surface area contributed by atoms with Gasteiger partial charge in [-0.15, -0.1) is 0 Å². The first-order valence-electron chi connectivity index (χ1n) is 6.95. The van der Waals surface area contributed by atoms with E-state index in [-0.39, 0.29) is 24.0 Å². The smallest absolute Gasteiger partial charge is 0.387 e. The van der Waals surface area contributed by atoms with Gasteiger partial charge in [0, 0.05) is 18.0 Å². The Morgan fingerprint density at radius 1 is 1.36 bits per heavy atom. The minimum Gasteiger partial charge on any atom is -0.457 e. The molecule has 0 spiro atoms. The number of aryl methyl sites for hydroxylation is 1. The van der Waals surface area contributed by atoms with Gasteiger partial charge in [0.25, 0.3) is 0 Å². The molecule has 0 aliphatic carbocycles. The first-order chi connectivity index (χ1) is 12.0. The van der Waals surface area contributed by atoms with E-state index in [2.05, 4.69) is 24.8 Å². The quantitative estimate of drug-likeness (QED) is 0.469. The lowest BCUT2D eigenvalue weighted by atomic mass is 10.3. The van der Waals surface area contributed by atoms with Gasteiger partial charge in [0.15, 0.2) is 11.6 Å². The second kappa shape index (κ2) is 8.62. The van der Waals surface area contributed by atoms with Crippen LogP contribution in [0.4, 0.5) is 18.9 Å². The van der Waals surface area contributed by atoms with Crippen molar-refractivity contribution in [1.82, 2.24) is 9.97 Å². The molecule has 7 nitrogen and oxygen atoms in total. The van der Waals surface area contributed by atoms with Crippen LogP contribution in [0.3, 0.4) is 0 Å². The zero-order valence-corrected chi connectivity index (χ0v) is 13.1. The number of aromatic nitrogens is 2. The number of alkyl halides is 2. The third kappa shape index (κ3) is 5.75. The third-order valence-electron chi connectivity index (χ3n) is 2.78. The molecule has 0 aliphatic rings. The van der Waals surface area contributed by atoms with E-state index in [0.717, 1.165) is 17.8 Å². The van der Waals surface area contributed by atoms with Gasteiger partial charge in [-0.25, -0.2) is 14.4 Å². The molecule has 1 aromatic heterocycles. The fraction of sp³-hybridized carbons (Fsp3) is 0.200. The van der Waals surface area contributed by atoms with Gasteiger partial charge in [-0.2, -0.15) is 13.9 Å². The standard InChI is InChI=1S/C15H14F3N5O2/c1-9-4-5-20-15(22-9)24-8-11(23-19)7-21-10-2-3-12(16)13(6-10)25-14(17)18/h2-7,14H,8,19H2,1H3. The summed E-state index contributed by atoms with van der Waals surface area (Å²) in [5.74, 6) is 3.71. The van der Waals surface area contributed by atoms with Crippen molar-refractivity contribution in [3.63, 3.8) is 0 Å². The fourth-order valence-electron chi connectivity index (χ4n) is 1.65. The first kappa shape index (κ1) is 18.2. The van der Waals surface area contributed by atoms with Crippen LogP contribution in [-0.4, -0.2) is 35.1 Å². The maximum Gasteiger partial charge on any atom is 0.387 e. The van der Waals surface area contributed by atoms with Crippen LogP contribution in [0, 0.1) is 12.7 Å². The summed E-state index contributed by atoms with van der Waals surface area (Å²) in [5.41, 5.74) is 1.12. The Morgan fingerprint density at radius 2 is 2.16 bits per heavy atom. The van der Waals surface area contributed by atoms with E-state index in [1.165, 1.54) is 18.5 Å². The van der Waals surface area contributed by atoms with E-state index in [4.69, 9.17) is 10.6 Å². The van der Waals surface area contributed by atoms with Crippen LogP contribution in [0.25, 0.3) is 0 Å². The zero-order valence-electron chi connectivity index (χ0n) is 13.1. The largest absolute Gasteiger partial charge is 0.457 e.